The first-order valence-corrected chi connectivity index (χ1v) is 7.97. The zero-order valence-corrected chi connectivity index (χ0v) is 14.6. The van der Waals surface area contributed by atoms with Gasteiger partial charge in [0.05, 0.1) is 10.0 Å². The Morgan fingerprint density at radius 2 is 1.15 bits per heavy atom. The van der Waals surface area contributed by atoms with Crippen LogP contribution in [0.1, 0.15) is 11.1 Å². The lowest BCUT2D eigenvalue weighted by Crippen LogP contribution is -2.39. The SMILES string of the molecule is O=C(/C=C/c1ccc(Cl)c(F)c1)NNC(=O)/C=C/c1ccc(Cl)c(F)c1. The van der Waals surface area contributed by atoms with E-state index in [0.717, 1.165) is 12.2 Å². The van der Waals surface area contributed by atoms with E-state index >= 15 is 0 Å². The van der Waals surface area contributed by atoms with Gasteiger partial charge in [0.15, 0.2) is 0 Å². The maximum Gasteiger partial charge on any atom is 0.262 e. The van der Waals surface area contributed by atoms with E-state index in [4.69, 9.17) is 23.2 Å². The molecule has 0 aliphatic carbocycles. The molecule has 0 radical (unpaired) electrons. The second-order valence-electron chi connectivity index (χ2n) is 4.99. The van der Waals surface area contributed by atoms with Gasteiger partial charge in [-0.25, -0.2) is 8.78 Å². The molecule has 2 aromatic rings. The first-order chi connectivity index (χ1) is 12.3. The van der Waals surface area contributed by atoms with E-state index in [-0.39, 0.29) is 10.0 Å². The summed E-state index contributed by atoms with van der Waals surface area (Å²) in [6.07, 6.45) is 4.93. The predicted octanol–water partition coefficient (Wildman–Crippen LogP) is 4.15. The fraction of sp³-hybridized carbons (Fsp3) is 0. The van der Waals surface area contributed by atoms with Crippen LogP contribution in [0.15, 0.2) is 48.6 Å². The number of halogens is 4. The average Bonchev–Trinajstić information content (AvgIpc) is 2.62. The number of nitrogens with one attached hydrogen (secondary N) is 2. The van der Waals surface area contributed by atoms with Gasteiger partial charge in [-0.3, -0.25) is 20.4 Å². The third-order valence-electron chi connectivity index (χ3n) is 3.05. The lowest BCUT2D eigenvalue weighted by atomic mass is 10.2. The van der Waals surface area contributed by atoms with Gasteiger partial charge in [0.25, 0.3) is 11.8 Å². The number of carbonyl (C=O) groups excluding carboxylic acids is 2. The minimum Gasteiger partial charge on any atom is -0.268 e. The third kappa shape index (κ3) is 5.98. The first kappa shape index (κ1) is 19.6. The minimum atomic E-state index is -0.625. The zero-order chi connectivity index (χ0) is 19.1. The van der Waals surface area contributed by atoms with Crippen LogP contribution in [-0.4, -0.2) is 11.8 Å². The molecule has 2 N–H and O–H groups in total. The lowest BCUT2D eigenvalue weighted by molar-refractivity contribution is -0.123. The summed E-state index contributed by atoms with van der Waals surface area (Å²) in [4.78, 5) is 23.2. The van der Waals surface area contributed by atoms with E-state index in [1.54, 1.807) is 0 Å². The van der Waals surface area contributed by atoms with E-state index in [9.17, 15) is 18.4 Å². The van der Waals surface area contributed by atoms with Crippen LogP contribution in [0.25, 0.3) is 12.2 Å². The second kappa shape index (κ2) is 9.12. The summed E-state index contributed by atoms with van der Waals surface area (Å²) in [5.74, 6) is -2.46. The average molecular weight is 397 g/mol. The van der Waals surface area contributed by atoms with Crippen LogP contribution in [-0.2, 0) is 9.59 Å². The number of hydrogen-bond acceptors (Lipinski definition) is 2. The smallest absolute Gasteiger partial charge is 0.262 e. The van der Waals surface area contributed by atoms with Crippen molar-refractivity contribution < 1.29 is 18.4 Å². The minimum absolute atomic E-state index is 0.0220. The predicted molar refractivity (Wildman–Crippen MR) is 97.2 cm³/mol. The molecule has 0 bridgehead atoms. The Hall–Kier alpha value is -2.70. The van der Waals surface area contributed by atoms with Crippen LogP contribution in [0.3, 0.4) is 0 Å². The molecule has 0 saturated carbocycles. The van der Waals surface area contributed by atoms with E-state index < -0.39 is 23.4 Å². The van der Waals surface area contributed by atoms with Crippen molar-refractivity contribution in [3.63, 3.8) is 0 Å². The summed E-state index contributed by atoms with van der Waals surface area (Å²) >= 11 is 11.1. The van der Waals surface area contributed by atoms with Gasteiger partial charge in [0.2, 0.25) is 0 Å². The normalized spacial score (nSPS) is 11.1. The second-order valence-corrected chi connectivity index (χ2v) is 5.81. The molecule has 134 valence electrons. The Bertz CT molecular complexity index is 825. The van der Waals surface area contributed by atoms with Crippen LogP contribution in [0.4, 0.5) is 8.78 Å². The molecule has 0 aliphatic rings. The molecule has 8 heteroatoms. The molecule has 0 unspecified atom stereocenters. The summed E-state index contributed by atoms with van der Waals surface area (Å²) in [6, 6.07) is 8.11. The number of carbonyl (C=O) groups is 2. The van der Waals surface area contributed by atoms with Crippen molar-refractivity contribution >= 4 is 47.2 Å². The number of hydrogen-bond donors (Lipinski definition) is 2. The molecule has 2 rings (SSSR count). The molecule has 26 heavy (non-hydrogen) atoms. The zero-order valence-electron chi connectivity index (χ0n) is 13.1. The molecular formula is C18H12Cl2F2N2O2. The Kier molecular flexibility index (Phi) is 6.89. The molecule has 0 heterocycles. The molecule has 0 aliphatic heterocycles. The topological polar surface area (TPSA) is 58.2 Å². The highest BCUT2D eigenvalue weighted by molar-refractivity contribution is 6.31. The van der Waals surface area contributed by atoms with Gasteiger partial charge >= 0.3 is 0 Å². The van der Waals surface area contributed by atoms with Gasteiger partial charge in [0, 0.05) is 12.2 Å². The Morgan fingerprint density at radius 1 is 0.769 bits per heavy atom. The molecule has 4 nitrogen and oxygen atoms in total. The van der Waals surface area contributed by atoms with Gasteiger partial charge in [0.1, 0.15) is 11.6 Å². The molecule has 0 saturated heterocycles. The highest BCUT2D eigenvalue weighted by Crippen LogP contribution is 2.17. The number of rotatable bonds is 4. The summed E-state index contributed by atoms with van der Waals surface area (Å²) in [6.45, 7) is 0. The third-order valence-corrected chi connectivity index (χ3v) is 3.66. The van der Waals surface area contributed by atoms with Gasteiger partial charge in [-0.05, 0) is 47.5 Å². The Balaban J connectivity index is 1.85. The number of benzene rings is 2. The monoisotopic (exact) mass is 396 g/mol. The van der Waals surface area contributed by atoms with Crippen molar-refractivity contribution in [3.8, 4) is 0 Å². The largest absolute Gasteiger partial charge is 0.268 e. The number of hydrazine groups is 1. The fourth-order valence-corrected chi connectivity index (χ4v) is 2.02. The van der Waals surface area contributed by atoms with Crippen LogP contribution in [0.5, 0.6) is 0 Å². The molecule has 2 aromatic carbocycles. The quantitative estimate of drug-likeness (QED) is 0.602. The number of amides is 2. The van der Waals surface area contributed by atoms with Crippen LogP contribution >= 0.6 is 23.2 Å². The van der Waals surface area contributed by atoms with Crippen LogP contribution < -0.4 is 10.9 Å². The molecule has 0 atom stereocenters. The van der Waals surface area contributed by atoms with Crippen molar-refractivity contribution in [1.82, 2.24) is 10.9 Å². The molecule has 2 amide bonds. The van der Waals surface area contributed by atoms with Gasteiger partial charge < -0.3 is 0 Å². The fourth-order valence-electron chi connectivity index (χ4n) is 1.78. The molecule has 0 spiro atoms. The van der Waals surface area contributed by atoms with Crippen molar-refractivity contribution in [2.24, 2.45) is 0 Å². The standard InChI is InChI=1S/C18H12Cl2F2N2O2/c19-13-5-1-11(9-15(13)21)3-7-17(25)23-24-18(26)8-4-12-2-6-14(20)16(22)10-12/h1-10H,(H,23,25)(H,24,26)/b7-3+,8-4+. The summed E-state index contributed by atoms with van der Waals surface area (Å²) in [5.41, 5.74) is 5.15. The molecule has 0 fully saturated rings. The summed E-state index contributed by atoms with van der Waals surface area (Å²) in [7, 11) is 0. The lowest BCUT2D eigenvalue weighted by Gasteiger charge is -2.02. The highest BCUT2D eigenvalue weighted by Gasteiger charge is 2.02. The first-order valence-electron chi connectivity index (χ1n) is 7.21. The Morgan fingerprint density at radius 3 is 1.50 bits per heavy atom. The van der Waals surface area contributed by atoms with E-state index in [2.05, 4.69) is 10.9 Å². The van der Waals surface area contributed by atoms with Crippen LogP contribution in [0, 0.1) is 11.6 Å². The van der Waals surface area contributed by atoms with E-state index in [1.165, 1.54) is 48.6 Å². The van der Waals surface area contributed by atoms with Crippen molar-refractivity contribution in [3.05, 3.63) is 81.4 Å². The van der Waals surface area contributed by atoms with Crippen molar-refractivity contribution in [2.45, 2.75) is 0 Å². The molecular weight excluding hydrogens is 385 g/mol. The van der Waals surface area contributed by atoms with Gasteiger partial charge in [-0.1, -0.05) is 35.3 Å². The Labute approximate surface area is 158 Å². The molecule has 0 aromatic heterocycles. The van der Waals surface area contributed by atoms with Crippen molar-refractivity contribution in [1.29, 1.82) is 0 Å². The van der Waals surface area contributed by atoms with Gasteiger partial charge in [-0.2, -0.15) is 0 Å². The van der Waals surface area contributed by atoms with Gasteiger partial charge in [-0.15, -0.1) is 0 Å². The van der Waals surface area contributed by atoms with Crippen molar-refractivity contribution in [2.75, 3.05) is 0 Å². The van der Waals surface area contributed by atoms with E-state index in [0.29, 0.717) is 11.1 Å². The van der Waals surface area contributed by atoms with E-state index in [1.807, 2.05) is 0 Å². The summed E-state index contributed by atoms with van der Waals surface area (Å²) in [5, 5.41) is -0.0440. The maximum absolute atomic E-state index is 13.3. The highest BCUT2D eigenvalue weighted by atomic mass is 35.5. The summed E-state index contributed by atoms with van der Waals surface area (Å²) < 4.78 is 26.5. The maximum atomic E-state index is 13.3. The van der Waals surface area contributed by atoms with Crippen LogP contribution in [0.2, 0.25) is 10.0 Å².